The lowest BCUT2D eigenvalue weighted by Crippen LogP contribution is -1.93. The number of rotatable bonds is 5. The maximum atomic E-state index is 9.80. The normalized spacial score (nSPS) is 10.9. The average molecular weight is 611 g/mol. The zero-order chi connectivity index (χ0) is 32.5. The molecule has 0 aliphatic rings. The zero-order valence-electron chi connectivity index (χ0n) is 25.8. The van der Waals surface area contributed by atoms with Crippen LogP contribution in [0.5, 0.6) is 0 Å². The fraction of sp³-hybridized carbons (Fsp3) is 0. The van der Waals surface area contributed by atoms with E-state index in [4.69, 9.17) is 6.57 Å². The van der Waals surface area contributed by atoms with Crippen LogP contribution in [0.4, 0.5) is 5.82 Å². The summed E-state index contributed by atoms with van der Waals surface area (Å²) in [7, 11) is 0. The van der Waals surface area contributed by atoms with Crippen LogP contribution in [0.2, 0.25) is 0 Å². The molecule has 0 saturated heterocycles. The number of aromatic nitrogens is 2. The lowest BCUT2D eigenvalue weighted by atomic mass is 9.84. The van der Waals surface area contributed by atoms with Crippen LogP contribution in [0.25, 0.3) is 82.0 Å². The van der Waals surface area contributed by atoms with Gasteiger partial charge in [-0.15, -0.1) is 4.98 Å². The van der Waals surface area contributed by atoms with Crippen molar-refractivity contribution in [3.63, 3.8) is 0 Å². The molecule has 222 valence electrons. The molecule has 2 aromatic heterocycles. The SMILES string of the molecule is [C-]#[N+]c1ncccc1-c1cccc(-c2c3ccccc3c(-c3cccc(-c4cccnc4C#N)c3)c3ccc(-c4ccccc4)cc23)c1. The second-order valence-corrected chi connectivity index (χ2v) is 11.6. The summed E-state index contributed by atoms with van der Waals surface area (Å²) in [5.41, 5.74) is 10.6. The van der Waals surface area contributed by atoms with Crippen LogP contribution in [-0.4, -0.2) is 9.97 Å². The van der Waals surface area contributed by atoms with Gasteiger partial charge in [0.15, 0.2) is 0 Å². The number of pyridine rings is 2. The summed E-state index contributed by atoms with van der Waals surface area (Å²) in [6.07, 6.45) is 3.32. The standard InChI is InChI=1S/C44H26N4/c1-46-44-36(20-10-24-48-44)32-14-8-16-34(26-32)43-38-18-6-5-17-37(38)42(39-22-21-30(27-40(39)43)29-11-3-2-4-12-29)33-15-7-13-31(25-33)35-19-9-23-47-41(35)28-45/h2-27H. The number of benzene rings is 6. The van der Waals surface area contributed by atoms with E-state index in [-0.39, 0.29) is 0 Å². The van der Waals surface area contributed by atoms with Crippen LogP contribution in [0.1, 0.15) is 5.69 Å². The highest BCUT2D eigenvalue weighted by Crippen LogP contribution is 2.46. The van der Waals surface area contributed by atoms with E-state index >= 15 is 0 Å². The van der Waals surface area contributed by atoms with Crippen molar-refractivity contribution in [2.24, 2.45) is 0 Å². The van der Waals surface area contributed by atoms with E-state index < -0.39 is 0 Å². The lowest BCUT2D eigenvalue weighted by Gasteiger charge is -2.19. The Balaban J connectivity index is 1.44. The van der Waals surface area contributed by atoms with Gasteiger partial charge in [-0.1, -0.05) is 116 Å². The Morgan fingerprint density at radius 2 is 1.02 bits per heavy atom. The zero-order valence-corrected chi connectivity index (χ0v) is 25.8. The van der Waals surface area contributed by atoms with E-state index in [0.29, 0.717) is 11.5 Å². The average Bonchev–Trinajstić information content (AvgIpc) is 3.17. The molecule has 0 fully saturated rings. The summed E-state index contributed by atoms with van der Waals surface area (Å²) in [5, 5.41) is 14.3. The van der Waals surface area contributed by atoms with Gasteiger partial charge in [-0.25, -0.2) is 4.98 Å². The van der Waals surface area contributed by atoms with Crippen LogP contribution in [0, 0.1) is 17.9 Å². The lowest BCUT2D eigenvalue weighted by molar-refractivity contribution is 1.26. The number of hydrogen-bond acceptors (Lipinski definition) is 3. The second-order valence-electron chi connectivity index (χ2n) is 11.6. The first kappa shape index (κ1) is 28.6. The molecule has 0 amide bonds. The third kappa shape index (κ3) is 4.95. The van der Waals surface area contributed by atoms with Crippen molar-refractivity contribution in [1.82, 2.24) is 9.97 Å². The van der Waals surface area contributed by atoms with E-state index in [1.165, 1.54) is 0 Å². The molecule has 0 N–H and O–H groups in total. The van der Waals surface area contributed by atoms with Crippen molar-refractivity contribution in [2.45, 2.75) is 0 Å². The topological polar surface area (TPSA) is 53.9 Å². The monoisotopic (exact) mass is 610 g/mol. The minimum absolute atomic E-state index is 0.388. The van der Waals surface area contributed by atoms with Gasteiger partial charge in [0.25, 0.3) is 5.82 Å². The Labute approximate surface area is 278 Å². The Morgan fingerprint density at radius 1 is 0.458 bits per heavy atom. The number of hydrogen-bond donors (Lipinski definition) is 0. The molecular weight excluding hydrogens is 585 g/mol. The van der Waals surface area contributed by atoms with Crippen LogP contribution in [0.3, 0.4) is 0 Å². The van der Waals surface area contributed by atoms with Gasteiger partial charge in [-0.3, -0.25) is 0 Å². The molecule has 6 aromatic carbocycles. The quantitative estimate of drug-likeness (QED) is 0.144. The van der Waals surface area contributed by atoms with Gasteiger partial charge in [0.05, 0.1) is 0 Å². The smallest absolute Gasteiger partial charge is 0.277 e. The van der Waals surface area contributed by atoms with Crippen LogP contribution in [0.15, 0.2) is 158 Å². The molecule has 0 atom stereocenters. The maximum Gasteiger partial charge on any atom is 0.277 e. The number of nitrogens with zero attached hydrogens (tertiary/aromatic N) is 4. The van der Waals surface area contributed by atoms with Crippen molar-refractivity contribution in [1.29, 1.82) is 5.26 Å². The first-order valence-corrected chi connectivity index (χ1v) is 15.7. The summed E-state index contributed by atoms with van der Waals surface area (Å²) < 4.78 is 0. The van der Waals surface area contributed by atoms with Crippen LogP contribution < -0.4 is 0 Å². The molecule has 0 aliphatic heterocycles. The minimum atomic E-state index is 0.388. The molecule has 0 saturated carbocycles. The Bertz CT molecular complexity index is 2590. The van der Waals surface area contributed by atoms with Gasteiger partial charge in [-0.05, 0) is 102 Å². The van der Waals surface area contributed by atoms with Gasteiger partial charge >= 0.3 is 0 Å². The van der Waals surface area contributed by atoms with Gasteiger partial charge < -0.3 is 4.85 Å². The Morgan fingerprint density at radius 3 is 1.71 bits per heavy atom. The van der Waals surface area contributed by atoms with E-state index in [1.807, 2.05) is 42.5 Å². The highest BCUT2D eigenvalue weighted by Gasteiger charge is 2.19. The highest BCUT2D eigenvalue weighted by molar-refractivity contribution is 6.22. The number of nitriles is 1. The fourth-order valence-corrected chi connectivity index (χ4v) is 6.73. The summed E-state index contributed by atoms with van der Waals surface area (Å²) in [5.74, 6) is 0.388. The van der Waals surface area contributed by atoms with E-state index in [0.717, 1.165) is 77.2 Å². The molecule has 0 bridgehead atoms. The third-order valence-corrected chi connectivity index (χ3v) is 8.86. The second kappa shape index (κ2) is 12.1. The molecular formula is C44H26N4. The molecule has 8 aromatic rings. The van der Waals surface area contributed by atoms with Gasteiger partial charge in [0, 0.05) is 17.3 Å². The first-order valence-electron chi connectivity index (χ1n) is 15.7. The summed E-state index contributed by atoms with van der Waals surface area (Å²) in [6, 6.07) is 52.5. The Hall–Kier alpha value is -6.88. The molecule has 4 heteroatoms. The van der Waals surface area contributed by atoms with Crippen molar-refractivity contribution in [3.8, 4) is 61.7 Å². The van der Waals surface area contributed by atoms with E-state index in [2.05, 4.69) is 124 Å². The van der Waals surface area contributed by atoms with Gasteiger partial charge in [0.2, 0.25) is 0 Å². The molecule has 0 unspecified atom stereocenters. The predicted molar refractivity (Wildman–Crippen MR) is 195 cm³/mol. The van der Waals surface area contributed by atoms with Crippen molar-refractivity contribution in [3.05, 3.63) is 175 Å². The largest absolute Gasteiger partial charge is 0.360 e. The molecule has 0 spiro atoms. The predicted octanol–water partition coefficient (Wildman–Crippen LogP) is 11.5. The van der Waals surface area contributed by atoms with E-state index in [9.17, 15) is 5.26 Å². The van der Waals surface area contributed by atoms with Crippen LogP contribution >= 0.6 is 0 Å². The molecule has 48 heavy (non-hydrogen) atoms. The van der Waals surface area contributed by atoms with Crippen molar-refractivity contribution in [2.75, 3.05) is 0 Å². The van der Waals surface area contributed by atoms with E-state index in [1.54, 1.807) is 12.4 Å². The van der Waals surface area contributed by atoms with Gasteiger partial charge in [0.1, 0.15) is 18.0 Å². The molecule has 0 radical (unpaired) electrons. The Kier molecular flexibility index (Phi) is 7.23. The third-order valence-electron chi connectivity index (χ3n) is 8.86. The maximum absolute atomic E-state index is 9.80. The minimum Gasteiger partial charge on any atom is -0.360 e. The fourth-order valence-electron chi connectivity index (χ4n) is 6.73. The molecule has 4 nitrogen and oxygen atoms in total. The van der Waals surface area contributed by atoms with Crippen molar-refractivity contribution >= 4 is 27.4 Å². The van der Waals surface area contributed by atoms with Crippen LogP contribution in [-0.2, 0) is 0 Å². The summed E-state index contributed by atoms with van der Waals surface area (Å²) in [4.78, 5) is 12.3. The first-order chi connectivity index (χ1) is 23.7. The molecule has 2 heterocycles. The van der Waals surface area contributed by atoms with Gasteiger partial charge in [-0.2, -0.15) is 5.26 Å². The molecule has 8 rings (SSSR count). The summed E-state index contributed by atoms with van der Waals surface area (Å²) >= 11 is 0. The summed E-state index contributed by atoms with van der Waals surface area (Å²) in [6.45, 7) is 7.71. The number of fused-ring (bicyclic) bond motifs is 2. The highest BCUT2D eigenvalue weighted by atomic mass is 14.9. The molecule has 0 aliphatic carbocycles. The van der Waals surface area contributed by atoms with Crippen molar-refractivity contribution < 1.29 is 0 Å².